The maximum atomic E-state index is 11.0. The van der Waals surface area contributed by atoms with Crippen LogP contribution in [0.25, 0.3) is 0 Å². The van der Waals surface area contributed by atoms with Crippen molar-refractivity contribution in [2.24, 2.45) is 0 Å². The molecule has 15 heavy (non-hydrogen) atoms. The minimum Gasteiger partial charge on any atom is -0.302 e. The van der Waals surface area contributed by atoms with E-state index < -0.39 is 10.0 Å². The second kappa shape index (κ2) is 6.03. The van der Waals surface area contributed by atoms with Gasteiger partial charge < -0.3 is 4.90 Å². The standard InChI is InChI=1S/C9H19ClN2O2S/c1-12(9-4-2-3-5-9)7-6-11-15(13,14)8-10/h9,11H,2-8H2,1H3. The van der Waals surface area contributed by atoms with Crippen molar-refractivity contribution in [3.05, 3.63) is 0 Å². The molecule has 0 bridgehead atoms. The zero-order valence-electron chi connectivity index (χ0n) is 9.08. The largest absolute Gasteiger partial charge is 0.302 e. The molecule has 90 valence electrons. The zero-order valence-corrected chi connectivity index (χ0v) is 10.6. The van der Waals surface area contributed by atoms with Crippen molar-refractivity contribution in [3.63, 3.8) is 0 Å². The van der Waals surface area contributed by atoms with Crippen LogP contribution < -0.4 is 4.72 Å². The highest BCUT2D eigenvalue weighted by atomic mass is 35.5. The molecule has 0 aromatic rings. The van der Waals surface area contributed by atoms with Crippen molar-refractivity contribution in [1.29, 1.82) is 0 Å². The van der Waals surface area contributed by atoms with Crippen molar-refractivity contribution >= 4 is 21.6 Å². The molecule has 1 aliphatic carbocycles. The molecule has 0 heterocycles. The van der Waals surface area contributed by atoms with Gasteiger partial charge in [-0.15, -0.1) is 11.6 Å². The highest BCUT2D eigenvalue weighted by Gasteiger charge is 2.19. The average Bonchev–Trinajstić information content (AvgIpc) is 2.70. The first-order chi connectivity index (χ1) is 7.05. The van der Waals surface area contributed by atoms with Gasteiger partial charge in [-0.1, -0.05) is 12.8 Å². The third-order valence-corrected chi connectivity index (χ3v) is 4.67. The number of likely N-dealkylation sites (N-methyl/N-ethyl adjacent to an activating group) is 1. The van der Waals surface area contributed by atoms with Crippen LogP contribution in [-0.4, -0.2) is 44.7 Å². The Morgan fingerprint density at radius 3 is 2.53 bits per heavy atom. The second-order valence-corrected chi connectivity index (χ2v) is 6.43. The Kier molecular flexibility index (Phi) is 5.32. The van der Waals surface area contributed by atoms with Crippen LogP contribution in [0, 0.1) is 0 Å². The van der Waals surface area contributed by atoms with Gasteiger partial charge in [-0.25, -0.2) is 13.1 Å². The van der Waals surface area contributed by atoms with Crippen LogP contribution in [0.5, 0.6) is 0 Å². The summed E-state index contributed by atoms with van der Waals surface area (Å²) in [7, 11) is -1.20. The molecule has 0 aromatic carbocycles. The van der Waals surface area contributed by atoms with Gasteiger partial charge in [-0.05, 0) is 19.9 Å². The molecule has 1 rings (SSSR count). The van der Waals surface area contributed by atoms with Gasteiger partial charge >= 0.3 is 0 Å². The first-order valence-corrected chi connectivity index (χ1v) is 7.47. The van der Waals surface area contributed by atoms with Gasteiger partial charge in [0.15, 0.2) is 0 Å². The third-order valence-electron chi connectivity index (χ3n) is 2.88. The lowest BCUT2D eigenvalue weighted by Crippen LogP contribution is -2.37. The van der Waals surface area contributed by atoms with E-state index in [4.69, 9.17) is 11.6 Å². The Bertz CT molecular complexity index is 276. The van der Waals surface area contributed by atoms with Gasteiger partial charge in [-0.3, -0.25) is 0 Å². The van der Waals surface area contributed by atoms with E-state index in [9.17, 15) is 8.42 Å². The van der Waals surface area contributed by atoms with Crippen LogP contribution in [0.4, 0.5) is 0 Å². The topological polar surface area (TPSA) is 49.4 Å². The molecule has 0 amide bonds. The number of halogens is 1. The fourth-order valence-corrected chi connectivity index (χ4v) is 2.65. The predicted molar refractivity (Wildman–Crippen MR) is 62.5 cm³/mol. The average molecular weight is 255 g/mol. The molecule has 1 N–H and O–H groups in total. The van der Waals surface area contributed by atoms with Gasteiger partial charge in [-0.2, -0.15) is 0 Å². The minimum atomic E-state index is -3.25. The fraction of sp³-hybridized carbons (Fsp3) is 1.00. The summed E-state index contributed by atoms with van der Waals surface area (Å²) in [6.45, 7) is 1.20. The quantitative estimate of drug-likeness (QED) is 0.719. The summed E-state index contributed by atoms with van der Waals surface area (Å²) in [4.78, 5) is 2.23. The summed E-state index contributed by atoms with van der Waals surface area (Å²) in [6.07, 6.45) is 5.06. The van der Waals surface area contributed by atoms with Gasteiger partial charge in [0.2, 0.25) is 10.0 Å². The van der Waals surface area contributed by atoms with Gasteiger partial charge in [0.05, 0.1) is 0 Å². The maximum Gasteiger partial charge on any atom is 0.225 e. The third kappa shape index (κ3) is 4.68. The molecule has 1 aliphatic rings. The predicted octanol–water partition coefficient (Wildman–Crippen LogP) is 0.976. The molecule has 6 heteroatoms. The Hall–Kier alpha value is 0.160. The monoisotopic (exact) mass is 254 g/mol. The van der Waals surface area contributed by atoms with E-state index in [1.807, 2.05) is 7.05 Å². The molecular formula is C9H19ClN2O2S. The highest BCUT2D eigenvalue weighted by Crippen LogP contribution is 2.21. The number of rotatable bonds is 6. The van der Waals surface area contributed by atoms with Gasteiger partial charge in [0.1, 0.15) is 5.21 Å². The van der Waals surface area contributed by atoms with Gasteiger partial charge in [0.25, 0.3) is 0 Å². The van der Waals surface area contributed by atoms with Crippen molar-refractivity contribution in [3.8, 4) is 0 Å². The minimum absolute atomic E-state index is 0.361. The Morgan fingerprint density at radius 1 is 1.40 bits per heavy atom. The summed E-state index contributed by atoms with van der Waals surface area (Å²) in [5.41, 5.74) is 0. The SMILES string of the molecule is CN(CCNS(=O)(=O)CCl)C1CCCC1. The Labute approximate surface area is 97.0 Å². The first kappa shape index (κ1) is 13.2. The fourth-order valence-electron chi connectivity index (χ4n) is 1.94. The van der Waals surface area contributed by atoms with E-state index in [1.165, 1.54) is 25.7 Å². The van der Waals surface area contributed by atoms with Crippen molar-refractivity contribution in [1.82, 2.24) is 9.62 Å². The number of alkyl halides is 1. The van der Waals surface area contributed by atoms with E-state index in [-0.39, 0.29) is 5.21 Å². The van der Waals surface area contributed by atoms with E-state index >= 15 is 0 Å². The van der Waals surface area contributed by atoms with Crippen molar-refractivity contribution in [2.45, 2.75) is 31.7 Å². The van der Waals surface area contributed by atoms with Crippen LogP contribution in [0.3, 0.4) is 0 Å². The summed E-state index contributed by atoms with van der Waals surface area (Å²) in [5, 5.41) is -0.361. The lowest BCUT2D eigenvalue weighted by molar-refractivity contribution is 0.250. The van der Waals surface area contributed by atoms with Crippen LogP contribution in [0.15, 0.2) is 0 Å². The van der Waals surface area contributed by atoms with Crippen LogP contribution in [-0.2, 0) is 10.0 Å². The highest BCUT2D eigenvalue weighted by molar-refractivity contribution is 7.90. The molecule has 0 unspecified atom stereocenters. The van der Waals surface area contributed by atoms with E-state index in [0.29, 0.717) is 12.6 Å². The van der Waals surface area contributed by atoms with Crippen molar-refractivity contribution in [2.75, 3.05) is 25.3 Å². The molecule has 0 radical (unpaired) electrons. The molecule has 1 fully saturated rings. The first-order valence-electron chi connectivity index (χ1n) is 5.29. The molecule has 0 aliphatic heterocycles. The lowest BCUT2D eigenvalue weighted by atomic mass is 10.2. The lowest BCUT2D eigenvalue weighted by Gasteiger charge is -2.23. The van der Waals surface area contributed by atoms with Crippen LogP contribution in [0.2, 0.25) is 0 Å². The summed E-state index contributed by atoms with van der Waals surface area (Å²) >= 11 is 5.27. The molecule has 0 saturated heterocycles. The molecule has 0 aromatic heterocycles. The van der Waals surface area contributed by atoms with Crippen molar-refractivity contribution < 1.29 is 8.42 Å². The zero-order chi connectivity index (χ0) is 11.3. The normalized spacial score (nSPS) is 18.9. The van der Waals surface area contributed by atoms with E-state index in [0.717, 1.165) is 6.54 Å². The number of hydrogen-bond donors (Lipinski definition) is 1. The summed E-state index contributed by atoms with van der Waals surface area (Å²) < 4.78 is 24.5. The molecule has 0 spiro atoms. The Balaban J connectivity index is 2.19. The number of sulfonamides is 1. The van der Waals surface area contributed by atoms with Gasteiger partial charge in [0, 0.05) is 19.1 Å². The van der Waals surface area contributed by atoms with Crippen LogP contribution >= 0.6 is 11.6 Å². The molecule has 0 atom stereocenters. The number of nitrogens with zero attached hydrogens (tertiary/aromatic N) is 1. The molecule has 4 nitrogen and oxygen atoms in total. The maximum absolute atomic E-state index is 11.0. The summed E-state index contributed by atoms with van der Waals surface area (Å²) in [5.74, 6) is 0. The number of nitrogens with one attached hydrogen (secondary N) is 1. The molecule has 1 saturated carbocycles. The Morgan fingerprint density at radius 2 is 2.00 bits per heavy atom. The van der Waals surface area contributed by atoms with Crippen LogP contribution in [0.1, 0.15) is 25.7 Å². The number of hydrogen-bond acceptors (Lipinski definition) is 3. The second-order valence-electron chi connectivity index (χ2n) is 4.04. The smallest absolute Gasteiger partial charge is 0.225 e. The van der Waals surface area contributed by atoms with E-state index in [1.54, 1.807) is 0 Å². The summed E-state index contributed by atoms with van der Waals surface area (Å²) in [6, 6.07) is 0.630. The molecular weight excluding hydrogens is 236 g/mol. The van der Waals surface area contributed by atoms with E-state index in [2.05, 4.69) is 9.62 Å².